The van der Waals surface area contributed by atoms with Crippen LogP contribution in [0.5, 0.6) is 0 Å². The van der Waals surface area contributed by atoms with Gasteiger partial charge in [-0.3, -0.25) is 0 Å². The van der Waals surface area contributed by atoms with E-state index in [1.54, 1.807) is 11.3 Å². The Morgan fingerprint density at radius 2 is 2.06 bits per heavy atom. The minimum absolute atomic E-state index is 0.429. The van der Waals surface area contributed by atoms with E-state index in [1.807, 2.05) is 18.2 Å². The van der Waals surface area contributed by atoms with Crippen molar-refractivity contribution in [1.29, 1.82) is 0 Å². The second kappa shape index (κ2) is 6.14. The van der Waals surface area contributed by atoms with Crippen LogP contribution < -0.4 is 0 Å². The van der Waals surface area contributed by atoms with Crippen LogP contribution in [0.4, 0.5) is 0 Å². The molecule has 1 aromatic carbocycles. The first-order valence-electron chi connectivity index (χ1n) is 5.31. The zero-order chi connectivity index (χ0) is 12.3. The molecular formula is C13H12Br2OS. The standard InChI is InChI=1S/C13H12Br2OS/c14-10-2-3-12(15)11(7-10)13(16)4-1-9-5-6-17-8-9/h2-3,5-8,13,16H,1,4H2. The van der Waals surface area contributed by atoms with Gasteiger partial charge in [0.15, 0.2) is 0 Å². The van der Waals surface area contributed by atoms with Crippen molar-refractivity contribution in [2.24, 2.45) is 0 Å². The third-order valence-electron chi connectivity index (χ3n) is 2.60. The molecule has 0 bridgehead atoms. The lowest BCUT2D eigenvalue weighted by atomic mass is 10.0. The summed E-state index contributed by atoms with van der Waals surface area (Å²) in [6, 6.07) is 7.97. The first-order chi connectivity index (χ1) is 8.16. The molecule has 0 saturated carbocycles. The number of hydrogen-bond acceptors (Lipinski definition) is 2. The molecule has 1 atom stereocenters. The Hall–Kier alpha value is -0.160. The van der Waals surface area contributed by atoms with Crippen LogP contribution in [-0.4, -0.2) is 5.11 Å². The fourth-order valence-corrected chi connectivity index (χ4v) is 3.26. The van der Waals surface area contributed by atoms with Crippen LogP contribution >= 0.6 is 43.2 Å². The number of hydrogen-bond donors (Lipinski definition) is 1. The normalized spacial score (nSPS) is 12.6. The van der Waals surface area contributed by atoms with Gasteiger partial charge in [0.2, 0.25) is 0 Å². The van der Waals surface area contributed by atoms with Gasteiger partial charge in [0, 0.05) is 8.95 Å². The van der Waals surface area contributed by atoms with Crippen molar-refractivity contribution in [2.75, 3.05) is 0 Å². The number of aliphatic hydroxyl groups is 1. The van der Waals surface area contributed by atoms with Gasteiger partial charge in [-0.05, 0) is 59.0 Å². The summed E-state index contributed by atoms with van der Waals surface area (Å²) >= 11 is 8.59. The summed E-state index contributed by atoms with van der Waals surface area (Å²) in [6.45, 7) is 0. The minimum atomic E-state index is -0.429. The zero-order valence-corrected chi connectivity index (χ0v) is 13.1. The lowest BCUT2D eigenvalue weighted by molar-refractivity contribution is 0.167. The fourth-order valence-electron chi connectivity index (χ4n) is 1.66. The summed E-state index contributed by atoms with van der Waals surface area (Å²) < 4.78 is 1.95. The molecule has 1 nitrogen and oxygen atoms in total. The molecule has 1 N–H and O–H groups in total. The van der Waals surface area contributed by atoms with Crippen LogP contribution in [-0.2, 0) is 6.42 Å². The fraction of sp³-hybridized carbons (Fsp3) is 0.231. The molecule has 2 aromatic rings. The molecular weight excluding hydrogens is 364 g/mol. The highest BCUT2D eigenvalue weighted by atomic mass is 79.9. The molecule has 2 rings (SSSR count). The molecule has 0 radical (unpaired) electrons. The average Bonchev–Trinajstić information content (AvgIpc) is 2.82. The Bertz CT molecular complexity index is 482. The van der Waals surface area contributed by atoms with Gasteiger partial charge < -0.3 is 5.11 Å². The second-order valence-corrected chi connectivity index (χ2v) is 6.40. The van der Waals surface area contributed by atoms with Crippen molar-refractivity contribution in [2.45, 2.75) is 18.9 Å². The van der Waals surface area contributed by atoms with Crippen molar-refractivity contribution in [3.8, 4) is 0 Å². The van der Waals surface area contributed by atoms with E-state index in [1.165, 1.54) is 5.56 Å². The molecule has 0 amide bonds. The van der Waals surface area contributed by atoms with Gasteiger partial charge in [-0.15, -0.1) is 0 Å². The summed E-state index contributed by atoms with van der Waals surface area (Å²) in [5.74, 6) is 0. The third-order valence-corrected chi connectivity index (χ3v) is 4.55. The maximum atomic E-state index is 10.2. The van der Waals surface area contributed by atoms with E-state index >= 15 is 0 Å². The van der Waals surface area contributed by atoms with Gasteiger partial charge in [0.05, 0.1) is 6.10 Å². The monoisotopic (exact) mass is 374 g/mol. The summed E-state index contributed by atoms with van der Waals surface area (Å²) in [7, 11) is 0. The summed E-state index contributed by atoms with van der Waals surface area (Å²) in [5.41, 5.74) is 2.23. The summed E-state index contributed by atoms with van der Waals surface area (Å²) in [5, 5.41) is 14.4. The van der Waals surface area contributed by atoms with Gasteiger partial charge in [-0.25, -0.2) is 0 Å². The van der Waals surface area contributed by atoms with Crippen molar-refractivity contribution >= 4 is 43.2 Å². The minimum Gasteiger partial charge on any atom is -0.388 e. The smallest absolute Gasteiger partial charge is 0.0804 e. The predicted octanol–water partition coefficient (Wildman–Crippen LogP) is 4.94. The molecule has 0 aliphatic rings. The van der Waals surface area contributed by atoms with E-state index in [0.29, 0.717) is 0 Å². The maximum absolute atomic E-state index is 10.2. The second-order valence-electron chi connectivity index (χ2n) is 3.85. The number of halogens is 2. The van der Waals surface area contributed by atoms with Gasteiger partial charge >= 0.3 is 0 Å². The molecule has 1 heterocycles. The molecule has 1 unspecified atom stereocenters. The van der Waals surface area contributed by atoms with Crippen molar-refractivity contribution in [3.63, 3.8) is 0 Å². The molecule has 17 heavy (non-hydrogen) atoms. The lowest BCUT2D eigenvalue weighted by Gasteiger charge is -2.12. The van der Waals surface area contributed by atoms with Gasteiger partial charge in [0.25, 0.3) is 0 Å². The van der Waals surface area contributed by atoms with Gasteiger partial charge in [-0.2, -0.15) is 11.3 Å². The first-order valence-corrected chi connectivity index (χ1v) is 7.84. The maximum Gasteiger partial charge on any atom is 0.0804 e. The average molecular weight is 376 g/mol. The quantitative estimate of drug-likeness (QED) is 0.802. The molecule has 4 heteroatoms. The van der Waals surface area contributed by atoms with Crippen LogP contribution in [0.3, 0.4) is 0 Å². The van der Waals surface area contributed by atoms with Crippen molar-refractivity contribution in [3.05, 3.63) is 55.1 Å². The van der Waals surface area contributed by atoms with Crippen molar-refractivity contribution in [1.82, 2.24) is 0 Å². The molecule has 0 fully saturated rings. The molecule has 0 aliphatic heterocycles. The molecule has 90 valence electrons. The SMILES string of the molecule is OC(CCc1ccsc1)c1cc(Br)ccc1Br. The number of benzene rings is 1. The van der Waals surface area contributed by atoms with E-state index in [4.69, 9.17) is 0 Å². The highest BCUT2D eigenvalue weighted by molar-refractivity contribution is 9.11. The van der Waals surface area contributed by atoms with Crippen LogP contribution in [0.1, 0.15) is 23.7 Å². The molecule has 0 spiro atoms. The summed E-state index contributed by atoms with van der Waals surface area (Å²) in [4.78, 5) is 0. The Balaban J connectivity index is 2.04. The van der Waals surface area contributed by atoms with E-state index in [-0.39, 0.29) is 0 Å². The highest BCUT2D eigenvalue weighted by Crippen LogP contribution is 2.29. The Labute approximate surface area is 122 Å². The zero-order valence-electron chi connectivity index (χ0n) is 9.07. The van der Waals surface area contributed by atoms with Gasteiger partial charge in [-0.1, -0.05) is 31.9 Å². The van der Waals surface area contributed by atoms with E-state index in [2.05, 4.69) is 48.7 Å². The van der Waals surface area contributed by atoms with E-state index in [9.17, 15) is 5.11 Å². The highest BCUT2D eigenvalue weighted by Gasteiger charge is 2.12. The Morgan fingerprint density at radius 1 is 1.24 bits per heavy atom. The molecule has 1 aromatic heterocycles. The number of aryl methyl sites for hydroxylation is 1. The van der Waals surface area contributed by atoms with Crippen LogP contribution in [0, 0.1) is 0 Å². The Kier molecular flexibility index (Phi) is 4.79. The number of thiophene rings is 1. The Morgan fingerprint density at radius 3 is 2.76 bits per heavy atom. The van der Waals surface area contributed by atoms with E-state index < -0.39 is 6.10 Å². The third kappa shape index (κ3) is 3.65. The lowest BCUT2D eigenvalue weighted by Crippen LogP contribution is -2.00. The van der Waals surface area contributed by atoms with Crippen LogP contribution in [0.2, 0.25) is 0 Å². The van der Waals surface area contributed by atoms with Crippen LogP contribution in [0.25, 0.3) is 0 Å². The number of rotatable bonds is 4. The number of aliphatic hydroxyl groups excluding tert-OH is 1. The van der Waals surface area contributed by atoms with E-state index in [0.717, 1.165) is 27.4 Å². The molecule has 0 aliphatic carbocycles. The predicted molar refractivity (Wildman–Crippen MR) is 79.4 cm³/mol. The topological polar surface area (TPSA) is 20.2 Å². The largest absolute Gasteiger partial charge is 0.388 e. The van der Waals surface area contributed by atoms with Crippen molar-refractivity contribution < 1.29 is 5.11 Å². The molecule has 0 saturated heterocycles. The first kappa shape index (κ1) is 13.3. The summed E-state index contributed by atoms with van der Waals surface area (Å²) in [6.07, 6.45) is 1.22. The van der Waals surface area contributed by atoms with Crippen LogP contribution in [0.15, 0.2) is 44.0 Å². The van der Waals surface area contributed by atoms with Gasteiger partial charge in [0.1, 0.15) is 0 Å².